The molecule has 0 aromatic carbocycles. The van der Waals surface area contributed by atoms with E-state index in [2.05, 4.69) is 6.08 Å². The van der Waals surface area contributed by atoms with Crippen LogP contribution in [0, 0.1) is 0 Å². The van der Waals surface area contributed by atoms with Gasteiger partial charge in [0, 0.05) is 6.42 Å². The third kappa shape index (κ3) is 5.19. The molecule has 2 atom stereocenters. The van der Waals surface area contributed by atoms with Crippen molar-refractivity contribution in [2.24, 2.45) is 0 Å². The van der Waals surface area contributed by atoms with Crippen molar-refractivity contribution in [2.75, 3.05) is 0 Å². The van der Waals surface area contributed by atoms with Crippen molar-refractivity contribution >= 4 is 11.9 Å². The first kappa shape index (κ1) is 16.5. The zero-order valence-corrected chi connectivity index (χ0v) is 12.6. The van der Waals surface area contributed by atoms with Crippen molar-refractivity contribution in [2.45, 2.75) is 65.1 Å². The summed E-state index contributed by atoms with van der Waals surface area (Å²) in [5, 5.41) is 0. The van der Waals surface area contributed by atoms with Gasteiger partial charge in [0.25, 0.3) is 0 Å². The summed E-state index contributed by atoms with van der Waals surface area (Å²) in [4.78, 5) is 23.3. The Bertz CT molecular complexity index is 395. The van der Waals surface area contributed by atoms with E-state index in [1.165, 1.54) is 0 Å². The van der Waals surface area contributed by atoms with Crippen molar-refractivity contribution in [1.29, 1.82) is 0 Å². The topological polar surface area (TPSA) is 52.6 Å². The molecule has 1 heterocycles. The molecule has 1 aliphatic heterocycles. The lowest BCUT2D eigenvalue weighted by Crippen LogP contribution is -2.26. The summed E-state index contributed by atoms with van der Waals surface area (Å²) in [6.07, 6.45) is 8.56. The number of hydrogen-bond donors (Lipinski definition) is 0. The maximum absolute atomic E-state index is 11.8. The molecule has 1 fully saturated rings. The molecule has 0 aromatic heterocycles. The summed E-state index contributed by atoms with van der Waals surface area (Å²) in [6, 6.07) is 0. The third-order valence-electron chi connectivity index (χ3n) is 3.09. The van der Waals surface area contributed by atoms with E-state index < -0.39 is 18.2 Å². The van der Waals surface area contributed by atoms with Crippen LogP contribution in [0.25, 0.3) is 0 Å². The molecule has 4 nitrogen and oxygen atoms in total. The Kier molecular flexibility index (Phi) is 7.05. The molecule has 112 valence electrons. The summed E-state index contributed by atoms with van der Waals surface area (Å²) in [7, 11) is 0. The van der Waals surface area contributed by atoms with Crippen LogP contribution in [0.15, 0.2) is 23.8 Å². The Labute approximate surface area is 120 Å². The largest absolute Gasteiger partial charge is 0.459 e. The molecule has 1 aliphatic carbocycles. The van der Waals surface area contributed by atoms with Crippen LogP contribution in [0.5, 0.6) is 0 Å². The summed E-state index contributed by atoms with van der Waals surface area (Å²) in [5.41, 5.74) is 1.13. The minimum Gasteiger partial charge on any atom is -0.459 e. The van der Waals surface area contributed by atoms with Crippen molar-refractivity contribution in [3.63, 3.8) is 0 Å². The van der Waals surface area contributed by atoms with E-state index >= 15 is 0 Å². The second kappa shape index (κ2) is 8.56. The standard InChI is InChI=1S/C14H18O4.C2H6/c1-10-8-13(15)18-12(14(16)17-10)9-11-6-4-2-3-5-7-11;1-2/h2,4,6,10,12H,3,5,7-9H2,1H3;1-2H3. The summed E-state index contributed by atoms with van der Waals surface area (Å²) in [5.74, 6) is -0.786. The molecule has 2 aliphatic rings. The lowest BCUT2D eigenvalue weighted by molar-refractivity contribution is -0.161. The second-order valence-electron chi connectivity index (χ2n) is 4.78. The van der Waals surface area contributed by atoms with Crippen molar-refractivity contribution in [3.05, 3.63) is 23.8 Å². The molecule has 2 rings (SSSR count). The number of carbonyl (C=O) groups is 2. The van der Waals surface area contributed by atoms with Gasteiger partial charge in [0.2, 0.25) is 6.10 Å². The predicted octanol–water partition coefficient (Wildman–Crippen LogP) is 3.32. The van der Waals surface area contributed by atoms with Gasteiger partial charge in [-0.3, -0.25) is 4.79 Å². The van der Waals surface area contributed by atoms with Gasteiger partial charge >= 0.3 is 11.9 Å². The maximum atomic E-state index is 11.8. The zero-order chi connectivity index (χ0) is 15.0. The first-order chi connectivity index (χ1) is 9.65. The van der Waals surface area contributed by atoms with E-state index in [0.29, 0.717) is 6.42 Å². The Balaban J connectivity index is 0.000000956. The van der Waals surface area contributed by atoms with Crippen molar-refractivity contribution in [3.8, 4) is 0 Å². The van der Waals surface area contributed by atoms with Gasteiger partial charge in [-0.25, -0.2) is 4.79 Å². The zero-order valence-electron chi connectivity index (χ0n) is 12.6. The average Bonchev–Trinajstić information content (AvgIpc) is 2.73. The summed E-state index contributed by atoms with van der Waals surface area (Å²) >= 11 is 0. The minimum absolute atomic E-state index is 0.140. The molecule has 1 saturated heterocycles. The molecule has 20 heavy (non-hydrogen) atoms. The fraction of sp³-hybridized carbons (Fsp3) is 0.625. The number of rotatable bonds is 2. The Hall–Kier alpha value is -1.58. The number of cyclic esters (lactones) is 2. The first-order valence-electron chi connectivity index (χ1n) is 7.39. The van der Waals surface area contributed by atoms with Gasteiger partial charge in [-0.1, -0.05) is 37.6 Å². The van der Waals surface area contributed by atoms with Crippen LogP contribution >= 0.6 is 0 Å². The van der Waals surface area contributed by atoms with Crippen LogP contribution in [-0.2, 0) is 19.1 Å². The van der Waals surface area contributed by atoms with E-state index in [4.69, 9.17) is 9.47 Å². The van der Waals surface area contributed by atoms with E-state index in [9.17, 15) is 9.59 Å². The average molecular weight is 280 g/mol. The summed E-state index contributed by atoms with van der Waals surface area (Å²) in [6.45, 7) is 5.70. The second-order valence-corrected chi connectivity index (χ2v) is 4.78. The molecule has 0 spiro atoms. The van der Waals surface area contributed by atoms with Crippen molar-refractivity contribution in [1.82, 2.24) is 0 Å². The Morgan fingerprint density at radius 2 is 2.00 bits per heavy atom. The van der Waals surface area contributed by atoms with E-state index in [1.54, 1.807) is 6.92 Å². The highest BCUT2D eigenvalue weighted by Gasteiger charge is 2.31. The molecule has 0 aromatic rings. The highest BCUT2D eigenvalue weighted by atomic mass is 16.6. The minimum atomic E-state index is -0.778. The fourth-order valence-corrected chi connectivity index (χ4v) is 2.17. The molecule has 0 amide bonds. The molecule has 0 bridgehead atoms. The molecular formula is C16H24O4. The number of hydrogen-bond acceptors (Lipinski definition) is 4. The molecule has 0 N–H and O–H groups in total. The third-order valence-corrected chi connectivity index (χ3v) is 3.09. The smallest absolute Gasteiger partial charge is 0.348 e. The lowest BCUT2D eigenvalue weighted by Gasteiger charge is -2.15. The molecule has 2 unspecified atom stereocenters. The quantitative estimate of drug-likeness (QED) is 0.728. The maximum Gasteiger partial charge on any atom is 0.348 e. The van der Waals surface area contributed by atoms with Crippen LogP contribution in [0.1, 0.15) is 52.9 Å². The van der Waals surface area contributed by atoms with Gasteiger partial charge in [-0.2, -0.15) is 0 Å². The van der Waals surface area contributed by atoms with Gasteiger partial charge < -0.3 is 9.47 Å². The highest BCUT2D eigenvalue weighted by molar-refractivity contribution is 5.82. The van der Waals surface area contributed by atoms with Crippen LogP contribution in [0.3, 0.4) is 0 Å². The normalized spacial score (nSPS) is 26.2. The van der Waals surface area contributed by atoms with Crippen molar-refractivity contribution < 1.29 is 19.1 Å². The van der Waals surface area contributed by atoms with Crippen LogP contribution in [0.4, 0.5) is 0 Å². The van der Waals surface area contributed by atoms with Crippen LogP contribution in [-0.4, -0.2) is 24.1 Å². The molecule has 0 saturated carbocycles. The molecule has 0 radical (unpaired) electrons. The molecular weight excluding hydrogens is 256 g/mol. The summed E-state index contributed by atoms with van der Waals surface area (Å²) < 4.78 is 10.3. The monoisotopic (exact) mass is 280 g/mol. The SMILES string of the molecule is CC.CC1CC(=O)OC(CC2=CC=CCCC2)C(=O)O1. The number of allylic oxidation sites excluding steroid dienone is 3. The van der Waals surface area contributed by atoms with Crippen LogP contribution in [0.2, 0.25) is 0 Å². The van der Waals surface area contributed by atoms with Crippen LogP contribution < -0.4 is 0 Å². The van der Waals surface area contributed by atoms with Gasteiger partial charge in [0.05, 0.1) is 6.42 Å². The number of ether oxygens (including phenoxy) is 2. The fourth-order valence-electron chi connectivity index (χ4n) is 2.17. The van der Waals surface area contributed by atoms with Gasteiger partial charge in [-0.15, -0.1) is 0 Å². The molecule has 4 heteroatoms. The van der Waals surface area contributed by atoms with Gasteiger partial charge in [-0.05, 0) is 26.2 Å². The predicted molar refractivity (Wildman–Crippen MR) is 77.1 cm³/mol. The van der Waals surface area contributed by atoms with E-state index in [-0.39, 0.29) is 12.4 Å². The highest BCUT2D eigenvalue weighted by Crippen LogP contribution is 2.22. The van der Waals surface area contributed by atoms with E-state index in [0.717, 1.165) is 24.8 Å². The van der Waals surface area contributed by atoms with Gasteiger partial charge in [0.1, 0.15) is 6.10 Å². The number of carbonyl (C=O) groups excluding carboxylic acids is 2. The Morgan fingerprint density at radius 3 is 2.75 bits per heavy atom. The number of esters is 2. The van der Waals surface area contributed by atoms with Gasteiger partial charge in [0.15, 0.2) is 0 Å². The lowest BCUT2D eigenvalue weighted by atomic mass is 10.0. The Morgan fingerprint density at radius 1 is 1.25 bits per heavy atom. The van der Waals surface area contributed by atoms with E-state index in [1.807, 2.05) is 26.0 Å². The first-order valence-corrected chi connectivity index (χ1v) is 7.39.